The van der Waals surface area contributed by atoms with E-state index >= 15 is 0 Å². The minimum Gasteiger partial charge on any atom is -0.371 e. The molecule has 1 aliphatic heterocycles. The fraction of sp³-hybridized carbons (Fsp3) is 0. The molecule has 1 aromatic rings. The number of carbonyl (C=O) groups is 2. The van der Waals surface area contributed by atoms with E-state index in [1.807, 2.05) is 30.3 Å². The predicted molar refractivity (Wildman–Crippen MR) is 49.0 cm³/mol. The third-order valence-corrected chi connectivity index (χ3v) is 1.75. The van der Waals surface area contributed by atoms with Crippen LogP contribution in [0, 0.1) is 0 Å². The Morgan fingerprint density at radius 2 is 1.86 bits per heavy atom. The van der Waals surface area contributed by atoms with Crippen molar-refractivity contribution < 1.29 is 14.3 Å². The number of rotatable bonds is 1. The van der Waals surface area contributed by atoms with Crippen molar-refractivity contribution in [3.63, 3.8) is 0 Å². The highest BCUT2D eigenvalue weighted by Gasteiger charge is 2.25. The summed E-state index contributed by atoms with van der Waals surface area (Å²) in [7, 11) is 0. The lowest BCUT2D eigenvalue weighted by molar-refractivity contribution is -0.130. The molecule has 0 atom stereocenters. The van der Waals surface area contributed by atoms with Crippen molar-refractivity contribution >= 4 is 18.1 Å². The molecule has 14 heavy (non-hydrogen) atoms. The molecule has 0 unspecified atom stereocenters. The first kappa shape index (κ1) is 8.50. The first-order chi connectivity index (χ1) is 6.75. The fourth-order valence-electron chi connectivity index (χ4n) is 1.14. The quantitative estimate of drug-likeness (QED) is 0.411. The molecule has 70 valence electrons. The third kappa shape index (κ3) is 1.64. The van der Waals surface area contributed by atoms with Gasteiger partial charge in [0.15, 0.2) is 0 Å². The van der Waals surface area contributed by atoms with E-state index in [1.54, 1.807) is 6.08 Å². The van der Waals surface area contributed by atoms with Crippen molar-refractivity contribution in [2.75, 3.05) is 0 Å². The summed E-state index contributed by atoms with van der Waals surface area (Å²) in [6, 6.07) is 9.20. The highest BCUT2D eigenvalue weighted by atomic mass is 16.6. The van der Waals surface area contributed by atoms with Gasteiger partial charge >= 0.3 is 12.1 Å². The number of hydrogen-bond donors (Lipinski definition) is 1. The van der Waals surface area contributed by atoms with Gasteiger partial charge in [-0.15, -0.1) is 0 Å². The van der Waals surface area contributed by atoms with Crippen molar-refractivity contribution in [1.82, 2.24) is 5.32 Å². The summed E-state index contributed by atoms with van der Waals surface area (Å²) >= 11 is 0. The zero-order chi connectivity index (χ0) is 9.97. The minimum atomic E-state index is -0.725. The topological polar surface area (TPSA) is 55.4 Å². The van der Waals surface area contributed by atoms with Gasteiger partial charge < -0.3 is 4.74 Å². The van der Waals surface area contributed by atoms with Crippen molar-refractivity contribution in [2.45, 2.75) is 0 Å². The average molecular weight is 189 g/mol. The third-order valence-electron chi connectivity index (χ3n) is 1.75. The predicted octanol–water partition coefficient (Wildman–Crippen LogP) is 1.29. The second kappa shape index (κ2) is 3.33. The van der Waals surface area contributed by atoms with Crippen LogP contribution in [0.15, 0.2) is 36.0 Å². The molecule has 1 amide bonds. The van der Waals surface area contributed by atoms with Crippen LogP contribution in [-0.2, 0) is 9.53 Å². The van der Waals surface area contributed by atoms with E-state index in [4.69, 9.17) is 0 Å². The Hall–Kier alpha value is -2.10. The van der Waals surface area contributed by atoms with Crippen LogP contribution in [0.25, 0.3) is 6.08 Å². The summed E-state index contributed by atoms with van der Waals surface area (Å²) in [5.74, 6) is -0.640. The number of amides is 1. The van der Waals surface area contributed by atoms with Gasteiger partial charge in [0.1, 0.15) is 5.70 Å². The van der Waals surface area contributed by atoms with Gasteiger partial charge in [0.2, 0.25) is 0 Å². The van der Waals surface area contributed by atoms with Crippen molar-refractivity contribution in [1.29, 1.82) is 0 Å². The molecule has 0 saturated carbocycles. The molecule has 4 nitrogen and oxygen atoms in total. The Kier molecular flexibility index (Phi) is 2.02. The number of nitrogens with one attached hydrogen (secondary N) is 1. The van der Waals surface area contributed by atoms with Crippen LogP contribution in [0.1, 0.15) is 5.56 Å². The van der Waals surface area contributed by atoms with E-state index in [1.165, 1.54) is 0 Å². The Balaban J connectivity index is 2.28. The highest BCUT2D eigenvalue weighted by Crippen LogP contribution is 2.10. The summed E-state index contributed by atoms with van der Waals surface area (Å²) in [5.41, 5.74) is 1.00. The van der Waals surface area contributed by atoms with E-state index < -0.39 is 12.1 Å². The van der Waals surface area contributed by atoms with Crippen LogP contribution < -0.4 is 5.32 Å². The van der Waals surface area contributed by atoms with Gasteiger partial charge in [-0.05, 0) is 11.6 Å². The second-order valence-corrected chi connectivity index (χ2v) is 2.77. The molecule has 2 rings (SSSR count). The van der Waals surface area contributed by atoms with Gasteiger partial charge in [0.25, 0.3) is 0 Å². The van der Waals surface area contributed by atoms with Crippen LogP contribution in [-0.4, -0.2) is 12.1 Å². The summed E-state index contributed by atoms with van der Waals surface area (Å²) in [5, 5.41) is 2.30. The van der Waals surface area contributed by atoms with E-state index in [9.17, 15) is 9.59 Å². The van der Waals surface area contributed by atoms with Crippen molar-refractivity contribution in [2.24, 2.45) is 0 Å². The molecular formula is C10H7NO3. The molecular weight excluding hydrogens is 182 g/mol. The van der Waals surface area contributed by atoms with Crippen LogP contribution in [0.4, 0.5) is 4.79 Å². The molecule has 4 heteroatoms. The SMILES string of the molecule is O=C1N/C(=C\c2ccccc2)C(=O)O1. The maximum Gasteiger partial charge on any atom is 0.419 e. The zero-order valence-electron chi connectivity index (χ0n) is 7.19. The molecule has 0 aliphatic carbocycles. The summed E-state index contributed by atoms with van der Waals surface area (Å²) in [6.45, 7) is 0. The van der Waals surface area contributed by atoms with Crippen LogP contribution in [0.3, 0.4) is 0 Å². The van der Waals surface area contributed by atoms with E-state index in [0.717, 1.165) is 5.56 Å². The lowest BCUT2D eigenvalue weighted by atomic mass is 10.2. The highest BCUT2D eigenvalue weighted by molar-refractivity contribution is 6.06. The molecule has 0 aromatic heterocycles. The van der Waals surface area contributed by atoms with Crippen molar-refractivity contribution in [3.05, 3.63) is 41.6 Å². The Morgan fingerprint density at radius 3 is 2.43 bits per heavy atom. The standard InChI is InChI=1S/C10H7NO3/c12-9-8(11-10(13)14-9)6-7-4-2-1-3-5-7/h1-6H,(H,11,13)/b8-6-. The number of ether oxygens (including phenoxy) is 1. The minimum absolute atomic E-state index is 0.168. The normalized spacial score (nSPS) is 18.1. The number of hydrogen-bond acceptors (Lipinski definition) is 3. The maximum atomic E-state index is 11.0. The molecule has 0 radical (unpaired) electrons. The molecule has 1 heterocycles. The van der Waals surface area contributed by atoms with Gasteiger partial charge in [0.05, 0.1) is 0 Å². The fourth-order valence-corrected chi connectivity index (χ4v) is 1.14. The summed E-state index contributed by atoms with van der Waals surface area (Å²) < 4.78 is 4.29. The van der Waals surface area contributed by atoms with Gasteiger partial charge in [-0.25, -0.2) is 9.59 Å². The lowest BCUT2D eigenvalue weighted by Gasteiger charge is -1.92. The van der Waals surface area contributed by atoms with Gasteiger partial charge in [-0.3, -0.25) is 5.32 Å². The monoisotopic (exact) mass is 189 g/mol. The number of alkyl carbamates (subject to hydrolysis) is 1. The second-order valence-electron chi connectivity index (χ2n) is 2.77. The van der Waals surface area contributed by atoms with Gasteiger partial charge in [0, 0.05) is 0 Å². The summed E-state index contributed by atoms with van der Waals surface area (Å²) in [6.07, 6.45) is 0.838. The molecule has 1 fully saturated rings. The number of benzene rings is 1. The summed E-state index contributed by atoms with van der Waals surface area (Å²) in [4.78, 5) is 21.7. The first-order valence-corrected chi connectivity index (χ1v) is 4.05. The largest absolute Gasteiger partial charge is 0.419 e. The van der Waals surface area contributed by atoms with Crippen LogP contribution in [0.2, 0.25) is 0 Å². The maximum absolute atomic E-state index is 11.0. The molecule has 1 aliphatic rings. The molecule has 1 saturated heterocycles. The van der Waals surface area contributed by atoms with Crippen LogP contribution >= 0.6 is 0 Å². The Morgan fingerprint density at radius 1 is 1.14 bits per heavy atom. The van der Waals surface area contributed by atoms with E-state index in [0.29, 0.717) is 0 Å². The average Bonchev–Trinajstić information content (AvgIpc) is 2.47. The number of esters is 1. The molecule has 0 spiro atoms. The van der Waals surface area contributed by atoms with Gasteiger partial charge in [-0.2, -0.15) is 0 Å². The first-order valence-electron chi connectivity index (χ1n) is 4.05. The van der Waals surface area contributed by atoms with E-state index in [-0.39, 0.29) is 5.70 Å². The zero-order valence-corrected chi connectivity index (χ0v) is 7.19. The van der Waals surface area contributed by atoms with Gasteiger partial charge in [-0.1, -0.05) is 30.3 Å². The lowest BCUT2D eigenvalue weighted by Crippen LogP contribution is -2.11. The Bertz CT molecular complexity index is 409. The van der Waals surface area contributed by atoms with Crippen molar-refractivity contribution in [3.8, 4) is 0 Å². The number of cyclic esters (lactones) is 2. The Labute approximate surface area is 80.2 Å². The smallest absolute Gasteiger partial charge is 0.371 e. The molecule has 1 N–H and O–H groups in total. The van der Waals surface area contributed by atoms with E-state index in [2.05, 4.69) is 10.1 Å². The molecule has 0 bridgehead atoms. The number of carbonyl (C=O) groups excluding carboxylic acids is 2. The molecule has 1 aromatic carbocycles. The van der Waals surface area contributed by atoms with Crippen LogP contribution in [0.5, 0.6) is 0 Å².